The predicted molar refractivity (Wildman–Crippen MR) is 98.4 cm³/mol. The highest BCUT2D eigenvalue weighted by Gasteiger charge is 2.42. The Morgan fingerprint density at radius 1 is 1.00 bits per heavy atom. The molecular formula is C20H26N4O. The molecule has 4 atom stereocenters. The molecule has 2 unspecified atom stereocenters. The minimum atomic E-state index is -0.0853. The molecule has 0 bridgehead atoms. The third-order valence-electron chi connectivity index (χ3n) is 5.97. The average molecular weight is 338 g/mol. The van der Waals surface area contributed by atoms with E-state index in [1.54, 1.807) is 0 Å². The Hall–Kier alpha value is -2.01. The summed E-state index contributed by atoms with van der Waals surface area (Å²) in [7, 11) is 2.10. The molecule has 25 heavy (non-hydrogen) atoms. The minimum Gasteiger partial charge on any atom is -0.393 e. The fourth-order valence-corrected chi connectivity index (χ4v) is 4.66. The topological polar surface area (TPSA) is 62.1 Å². The fourth-order valence-electron chi connectivity index (χ4n) is 4.66. The Kier molecular flexibility index (Phi) is 4.20. The maximum absolute atomic E-state index is 9.84. The van der Waals surface area contributed by atoms with Crippen LogP contribution in [0.2, 0.25) is 0 Å². The number of hydrogen-bond donors (Lipinski definition) is 1. The van der Waals surface area contributed by atoms with E-state index in [9.17, 15) is 5.11 Å². The molecular weight excluding hydrogens is 312 g/mol. The first-order valence-electron chi connectivity index (χ1n) is 9.20. The highest BCUT2D eigenvalue weighted by molar-refractivity contribution is 5.62. The van der Waals surface area contributed by atoms with Gasteiger partial charge in [0, 0.05) is 36.2 Å². The lowest BCUT2D eigenvalue weighted by atomic mass is 10.0. The SMILES string of the molecule is Cc1ccc(-c2ccnc(N(C)C3C[C@H]4CC(O)C[C@H]4C3)n2)c(C)n1. The molecule has 132 valence electrons. The molecule has 0 saturated heterocycles. The highest BCUT2D eigenvalue weighted by atomic mass is 16.3. The van der Waals surface area contributed by atoms with Crippen LogP contribution < -0.4 is 4.90 Å². The van der Waals surface area contributed by atoms with Crippen molar-refractivity contribution in [2.75, 3.05) is 11.9 Å². The van der Waals surface area contributed by atoms with Crippen LogP contribution >= 0.6 is 0 Å². The number of aromatic nitrogens is 3. The summed E-state index contributed by atoms with van der Waals surface area (Å²) in [5.74, 6) is 2.10. The summed E-state index contributed by atoms with van der Waals surface area (Å²) in [6.45, 7) is 4.03. The van der Waals surface area contributed by atoms with E-state index < -0.39 is 0 Å². The second kappa shape index (κ2) is 6.37. The van der Waals surface area contributed by atoms with Crippen molar-refractivity contribution in [1.82, 2.24) is 15.0 Å². The van der Waals surface area contributed by atoms with Crippen molar-refractivity contribution in [3.63, 3.8) is 0 Å². The number of nitrogens with zero attached hydrogens (tertiary/aromatic N) is 4. The predicted octanol–water partition coefficient (Wildman–Crippen LogP) is 3.14. The number of pyridine rings is 1. The van der Waals surface area contributed by atoms with Crippen LogP contribution in [0.25, 0.3) is 11.3 Å². The van der Waals surface area contributed by atoms with Gasteiger partial charge < -0.3 is 10.0 Å². The van der Waals surface area contributed by atoms with Gasteiger partial charge in [0.05, 0.1) is 11.8 Å². The molecule has 0 amide bonds. The molecule has 4 rings (SSSR count). The van der Waals surface area contributed by atoms with Gasteiger partial charge in [-0.05, 0) is 69.6 Å². The zero-order valence-corrected chi connectivity index (χ0v) is 15.2. The van der Waals surface area contributed by atoms with Gasteiger partial charge in [-0.15, -0.1) is 0 Å². The Morgan fingerprint density at radius 2 is 1.72 bits per heavy atom. The molecule has 0 spiro atoms. The zero-order valence-electron chi connectivity index (χ0n) is 15.2. The lowest BCUT2D eigenvalue weighted by Crippen LogP contribution is -2.31. The third-order valence-corrected chi connectivity index (χ3v) is 5.97. The number of aliphatic hydroxyl groups excluding tert-OH is 1. The molecule has 0 radical (unpaired) electrons. The van der Waals surface area contributed by atoms with E-state index in [0.717, 1.165) is 54.3 Å². The van der Waals surface area contributed by atoms with Gasteiger partial charge in [-0.3, -0.25) is 4.98 Å². The molecule has 2 aliphatic carbocycles. The monoisotopic (exact) mass is 338 g/mol. The van der Waals surface area contributed by atoms with E-state index in [-0.39, 0.29) is 6.10 Å². The van der Waals surface area contributed by atoms with E-state index in [4.69, 9.17) is 4.98 Å². The standard InChI is InChI=1S/C20H26N4O/c1-12-4-5-18(13(2)22-12)19-6-7-21-20(23-19)24(3)16-8-14-10-17(25)11-15(14)9-16/h4-7,14-17,25H,8-11H2,1-3H3/t14-,15+,16?,17?. The lowest BCUT2D eigenvalue weighted by Gasteiger charge is -2.25. The van der Waals surface area contributed by atoms with Crippen molar-refractivity contribution in [3.8, 4) is 11.3 Å². The first kappa shape index (κ1) is 16.5. The smallest absolute Gasteiger partial charge is 0.225 e. The van der Waals surface area contributed by atoms with Crippen LogP contribution in [0.15, 0.2) is 24.4 Å². The number of rotatable bonds is 3. The van der Waals surface area contributed by atoms with Gasteiger partial charge in [-0.2, -0.15) is 0 Å². The first-order chi connectivity index (χ1) is 12.0. The van der Waals surface area contributed by atoms with Crippen molar-refractivity contribution >= 4 is 5.95 Å². The number of hydrogen-bond acceptors (Lipinski definition) is 5. The van der Waals surface area contributed by atoms with Crippen LogP contribution in [0.3, 0.4) is 0 Å². The van der Waals surface area contributed by atoms with Gasteiger partial charge in [0.1, 0.15) is 0 Å². The Morgan fingerprint density at radius 3 is 2.40 bits per heavy atom. The number of aryl methyl sites for hydroxylation is 2. The third kappa shape index (κ3) is 3.13. The average Bonchev–Trinajstić information content (AvgIpc) is 3.11. The summed E-state index contributed by atoms with van der Waals surface area (Å²) in [5.41, 5.74) is 4.01. The van der Waals surface area contributed by atoms with Gasteiger partial charge in [-0.1, -0.05) is 0 Å². The maximum Gasteiger partial charge on any atom is 0.225 e. The van der Waals surface area contributed by atoms with Gasteiger partial charge in [-0.25, -0.2) is 9.97 Å². The molecule has 2 aromatic rings. The number of anilines is 1. The summed E-state index contributed by atoms with van der Waals surface area (Å²) in [6.07, 6.45) is 5.95. The maximum atomic E-state index is 9.84. The second-order valence-corrected chi connectivity index (χ2v) is 7.71. The van der Waals surface area contributed by atoms with E-state index in [2.05, 4.69) is 28.0 Å². The van der Waals surface area contributed by atoms with Crippen LogP contribution in [-0.4, -0.2) is 39.3 Å². The summed E-state index contributed by atoms with van der Waals surface area (Å²) in [6, 6.07) is 6.54. The van der Waals surface area contributed by atoms with Gasteiger partial charge in [0.2, 0.25) is 5.95 Å². The number of aliphatic hydroxyl groups is 1. The van der Waals surface area contributed by atoms with E-state index in [1.807, 2.05) is 32.2 Å². The second-order valence-electron chi connectivity index (χ2n) is 7.71. The fraction of sp³-hybridized carbons (Fsp3) is 0.550. The van der Waals surface area contributed by atoms with Crippen molar-refractivity contribution in [2.24, 2.45) is 11.8 Å². The molecule has 2 heterocycles. The van der Waals surface area contributed by atoms with E-state index in [1.165, 1.54) is 0 Å². The van der Waals surface area contributed by atoms with Gasteiger partial charge in [0.15, 0.2) is 0 Å². The summed E-state index contributed by atoms with van der Waals surface area (Å²) >= 11 is 0. The number of fused-ring (bicyclic) bond motifs is 1. The van der Waals surface area contributed by atoms with Crippen LogP contribution in [0.1, 0.15) is 37.1 Å². The molecule has 2 fully saturated rings. The Labute approximate surface area is 149 Å². The van der Waals surface area contributed by atoms with E-state index >= 15 is 0 Å². The van der Waals surface area contributed by atoms with Crippen LogP contribution in [0.5, 0.6) is 0 Å². The first-order valence-corrected chi connectivity index (χ1v) is 9.20. The summed E-state index contributed by atoms with van der Waals surface area (Å²) < 4.78 is 0. The highest BCUT2D eigenvalue weighted by Crippen LogP contribution is 2.45. The molecule has 2 aliphatic rings. The summed E-state index contributed by atoms with van der Waals surface area (Å²) in [5, 5.41) is 9.84. The van der Waals surface area contributed by atoms with Crippen molar-refractivity contribution in [3.05, 3.63) is 35.8 Å². The van der Waals surface area contributed by atoms with Crippen LogP contribution in [0.4, 0.5) is 5.95 Å². The summed E-state index contributed by atoms with van der Waals surface area (Å²) in [4.78, 5) is 16.1. The molecule has 2 saturated carbocycles. The molecule has 1 N–H and O–H groups in total. The van der Waals surface area contributed by atoms with Crippen LogP contribution in [0, 0.1) is 25.7 Å². The molecule has 0 aliphatic heterocycles. The normalized spacial score (nSPS) is 28.2. The molecule has 5 heteroatoms. The van der Waals surface area contributed by atoms with Crippen molar-refractivity contribution in [1.29, 1.82) is 0 Å². The van der Waals surface area contributed by atoms with Crippen LogP contribution in [-0.2, 0) is 0 Å². The molecule has 5 nitrogen and oxygen atoms in total. The van der Waals surface area contributed by atoms with Crippen molar-refractivity contribution < 1.29 is 5.11 Å². The Balaban J connectivity index is 1.55. The zero-order chi connectivity index (χ0) is 17.6. The largest absolute Gasteiger partial charge is 0.393 e. The lowest BCUT2D eigenvalue weighted by molar-refractivity contribution is 0.171. The van der Waals surface area contributed by atoms with E-state index in [0.29, 0.717) is 17.9 Å². The quantitative estimate of drug-likeness (QED) is 0.931. The van der Waals surface area contributed by atoms with Gasteiger partial charge >= 0.3 is 0 Å². The van der Waals surface area contributed by atoms with Gasteiger partial charge in [0.25, 0.3) is 0 Å². The Bertz CT molecular complexity index is 764. The molecule has 2 aromatic heterocycles. The molecule has 0 aromatic carbocycles. The van der Waals surface area contributed by atoms with Crippen molar-refractivity contribution in [2.45, 2.75) is 51.7 Å². The minimum absolute atomic E-state index is 0.0853.